The molecule has 0 fully saturated rings. The third-order valence-electron chi connectivity index (χ3n) is 5.71. The fourth-order valence-corrected chi connectivity index (χ4v) is 7.30. The Morgan fingerprint density at radius 2 is 1.64 bits per heavy atom. The average Bonchev–Trinajstić information content (AvgIpc) is 3.42. The molecule has 1 aromatic heterocycles. The van der Waals surface area contributed by atoms with E-state index in [-0.39, 0.29) is 30.4 Å². The van der Waals surface area contributed by atoms with Crippen molar-refractivity contribution in [2.24, 2.45) is 0 Å². The number of sulfone groups is 1. The summed E-state index contributed by atoms with van der Waals surface area (Å²) in [7, 11) is -8.10. The first kappa shape index (κ1) is 30.3. The predicted molar refractivity (Wildman–Crippen MR) is 153 cm³/mol. The van der Waals surface area contributed by atoms with Crippen molar-refractivity contribution in [3.63, 3.8) is 0 Å². The number of nitrogens with one attached hydrogen (secondary N) is 2. The van der Waals surface area contributed by atoms with Crippen LogP contribution in [0.5, 0.6) is 0 Å². The standard InChI is InChI=1S/C26H22N4O9S3/c1-16-3-7-19(8-4-16)29-42(37,38)22-13-18(6-5-17(22)2)25(32)39-15-23(31)28-26-27-14-24(40-26)41(35,36)21-11-9-20(10-12-21)30(33)34/h3-14,29H,15H2,1-2H3,(H,27,28,31). The highest BCUT2D eigenvalue weighted by atomic mass is 32.2. The topological polar surface area (TPSA) is 192 Å². The molecule has 0 saturated heterocycles. The highest BCUT2D eigenvalue weighted by Crippen LogP contribution is 2.29. The van der Waals surface area contributed by atoms with E-state index in [2.05, 4.69) is 15.0 Å². The van der Waals surface area contributed by atoms with Gasteiger partial charge in [-0.3, -0.25) is 24.9 Å². The normalized spacial score (nSPS) is 11.5. The van der Waals surface area contributed by atoms with Crippen LogP contribution in [0.2, 0.25) is 0 Å². The van der Waals surface area contributed by atoms with E-state index in [0.717, 1.165) is 42.1 Å². The van der Waals surface area contributed by atoms with Crippen molar-refractivity contribution in [2.75, 3.05) is 16.6 Å². The molecular weight excluding hydrogens is 609 g/mol. The Morgan fingerprint density at radius 3 is 2.29 bits per heavy atom. The minimum absolute atomic E-state index is 0.0950. The van der Waals surface area contributed by atoms with Crippen molar-refractivity contribution in [2.45, 2.75) is 27.8 Å². The number of aryl methyl sites for hydroxylation is 2. The number of nitro groups is 1. The number of esters is 1. The molecule has 218 valence electrons. The number of anilines is 2. The van der Waals surface area contributed by atoms with Crippen molar-refractivity contribution in [1.29, 1.82) is 0 Å². The van der Waals surface area contributed by atoms with Gasteiger partial charge in [-0.1, -0.05) is 35.1 Å². The number of sulfonamides is 1. The average molecular weight is 631 g/mol. The molecule has 1 amide bonds. The Labute approximate surface area is 244 Å². The van der Waals surface area contributed by atoms with Crippen LogP contribution in [0.4, 0.5) is 16.5 Å². The maximum absolute atomic E-state index is 13.0. The third-order valence-corrected chi connectivity index (χ3v) is 10.4. The van der Waals surface area contributed by atoms with Crippen molar-refractivity contribution >= 4 is 59.6 Å². The smallest absolute Gasteiger partial charge is 0.338 e. The van der Waals surface area contributed by atoms with Gasteiger partial charge in [0.25, 0.3) is 21.6 Å². The van der Waals surface area contributed by atoms with Crippen LogP contribution < -0.4 is 10.0 Å². The number of carbonyl (C=O) groups excluding carboxylic acids is 2. The van der Waals surface area contributed by atoms with Gasteiger partial charge < -0.3 is 4.74 Å². The molecule has 2 N–H and O–H groups in total. The van der Waals surface area contributed by atoms with Gasteiger partial charge in [-0.05, 0) is 55.8 Å². The van der Waals surface area contributed by atoms with E-state index < -0.39 is 43.3 Å². The molecule has 0 aliphatic rings. The second-order valence-electron chi connectivity index (χ2n) is 8.82. The number of hydrogen-bond donors (Lipinski definition) is 2. The number of benzene rings is 3. The molecule has 13 nitrogen and oxygen atoms in total. The maximum atomic E-state index is 13.0. The number of nitro benzene ring substituents is 1. The zero-order chi connectivity index (χ0) is 30.7. The summed E-state index contributed by atoms with van der Waals surface area (Å²) in [6.45, 7) is 2.66. The highest BCUT2D eigenvalue weighted by molar-refractivity contribution is 7.93. The third kappa shape index (κ3) is 6.96. The van der Waals surface area contributed by atoms with Gasteiger partial charge in [0.05, 0.1) is 26.5 Å². The van der Waals surface area contributed by atoms with E-state index in [0.29, 0.717) is 22.6 Å². The SMILES string of the molecule is Cc1ccc(NS(=O)(=O)c2cc(C(=O)OCC(=O)Nc3ncc(S(=O)(=O)c4ccc([N+](=O)[O-])cc4)s3)ccc2C)cc1. The molecule has 3 aromatic carbocycles. The summed E-state index contributed by atoms with van der Waals surface area (Å²) >= 11 is 0.633. The van der Waals surface area contributed by atoms with Crippen LogP contribution in [0.3, 0.4) is 0 Å². The van der Waals surface area contributed by atoms with Crippen LogP contribution in [-0.4, -0.2) is 45.2 Å². The molecule has 0 aliphatic heterocycles. The lowest BCUT2D eigenvalue weighted by atomic mass is 10.1. The van der Waals surface area contributed by atoms with Crippen LogP contribution in [-0.2, 0) is 29.4 Å². The first-order valence-electron chi connectivity index (χ1n) is 11.9. The fourth-order valence-electron chi connectivity index (χ4n) is 3.52. The molecule has 0 bridgehead atoms. The predicted octanol–water partition coefficient (Wildman–Crippen LogP) is 4.10. The number of amides is 1. The number of nitrogens with zero attached hydrogens (tertiary/aromatic N) is 2. The number of aromatic nitrogens is 1. The van der Waals surface area contributed by atoms with E-state index in [1.807, 2.05) is 6.92 Å². The molecule has 1 heterocycles. The Bertz CT molecular complexity index is 1890. The van der Waals surface area contributed by atoms with Crippen LogP contribution in [0.15, 0.2) is 86.9 Å². The minimum Gasteiger partial charge on any atom is -0.452 e. The van der Waals surface area contributed by atoms with Gasteiger partial charge in [0.15, 0.2) is 11.7 Å². The van der Waals surface area contributed by atoms with E-state index >= 15 is 0 Å². The van der Waals surface area contributed by atoms with E-state index in [4.69, 9.17) is 4.74 Å². The summed E-state index contributed by atoms with van der Waals surface area (Å²) < 4.78 is 58.7. The van der Waals surface area contributed by atoms with Gasteiger partial charge in [0.1, 0.15) is 4.21 Å². The summed E-state index contributed by atoms with van der Waals surface area (Å²) in [6, 6.07) is 14.9. The monoisotopic (exact) mass is 630 g/mol. The summed E-state index contributed by atoms with van der Waals surface area (Å²) in [6.07, 6.45) is 1.02. The molecule has 42 heavy (non-hydrogen) atoms. The quantitative estimate of drug-likeness (QED) is 0.146. The first-order valence-corrected chi connectivity index (χ1v) is 15.7. The Balaban J connectivity index is 1.39. The summed E-state index contributed by atoms with van der Waals surface area (Å²) in [5.74, 6) is -1.78. The summed E-state index contributed by atoms with van der Waals surface area (Å²) in [5.41, 5.74) is 1.29. The second kappa shape index (κ2) is 12.1. The molecule has 0 saturated carbocycles. The van der Waals surface area contributed by atoms with Crippen molar-refractivity contribution in [1.82, 2.24) is 4.98 Å². The zero-order valence-corrected chi connectivity index (χ0v) is 24.4. The fraction of sp³-hybridized carbons (Fsp3) is 0.115. The largest absolute Gasteiger partial charge is 0.452 e. The minimum atomic E-state index is -4.06. The number of non-ortho nitro benzene ring substituents is 1. The van der Waals surface area contributed by atoms with Gasteiger partial charge in [-0.25, -0.2) is 26.6 Å². The number of hydrogen-bond acceptors (Lipinski definition) is 11. The first-order chi connectivity index (χ1) is 19.8. The number of ether oxygens (including phenoxy) is 1. The van der Waals surface area contributed by atoms with E-state index in [9.17, 15) is 36.5 Å². The van der Waals surface area contributed by atoms with Crippen molar-refractivity contribution in [3.8, 4) is 0 Å². The van der Waals surface area contributed by atoms with E-state index in [1.54, 1.807) is 31.2 Å². The molecule has 0 atom stereocenters. The van der Waals surface area contributed by atoms with Crippen LogP contribution in [0.25, 0.3) is 0 Å². The molecular formula is C26H22N4O9S3. The molecule has 4 rings (SSSR count). The number of thiazole rings is 1. The van der Waals surface area contributed by atoms with Gasteiger partial charge in [0.2, 0.25) is 9.84 Å². The van der Waals surface area contributed by atoms with Crippen LogP contribution in [0.1, 0.15) is 21.5 Å². The lowest BCUT2D eigenvalue weighted by molar-refractivity contribution is -0.384. The summed E-state index contributed by atoms with van der Waals surface area (Å²) in [5, 5.41) is 13.0. The molecule has 0 spiro atoms. The Morgan fingerprint density at radius 1 is 0.976 bits per heavy atom. The van der Waals surface area contributed by atoms with Gasteiger partial charge in [-0.2, -0.15) is 0 Å². The molecule has 0 radical (unpaired) electrons. The lowest BCUT2D eigenvalue weighted by Crippen LogP contribution is -2.21. The Kier molecular flexibility index (Phi) is 8.70. The molecule has 0 aliphatic carbocycles. The highest BCUT2D eigenvalue weighted by Gasteiger charge is 2.23. The van der Waals surface area contributed by atoms with Crippen LogP contribution >= 0.6 is 11.3 Å². The molecule has 0 unspecified atom stereocenters. The van der Waals surface area contributed by atoms with Crippen LogP contribution in [0, 0.1) is 24.0 Å². The van der Waals surface area contributed by atoms with Gasteiger partial charge in [-0.15, -0.1) is 0 Å². The lowest BCUT2D eigenvalue weighted by Gasteiger charge is -2.12. The number of rotatable bonds is 10. The van der Waals surface area contributed by atoms with E-state index in [1.165, 1.54) is 12.1 Å². The molecule has 4 aromatic rings. The summed E-state index contributed by atoms with van der Waals surface area (Å²) in [4.78, 5) is 38.6. The number of carbonyl (C=O) groups is 2. The second-order valence-corrected chi connectivity index (χ2v) is 13.7. The maximum Gasteiger partial charge on any atom is 0.338 e. The van der Waals surface area contributed by atoms with Gasteiger partial charge >= 0.3 is 5.97 Å². The van der Waals surface area contributed by atoms with Crippen molar-refractivity contribution < 1.29 is 36.1 Å². The molecule has 16 heteroatoms. The van der Waals surface area contributed by atoms with Crippen molar-refractivity contribution in [3.05, 3.63) is 99.7 Å². The Hall–Kier alpha value is -4.67. The zero-order valence-electron chi connectivity index (χ0n) is 21.9. The van der Waals surface area contributed by atoms with Gasteiger partial charge in [0, 0.05) is 17.8 Å².